The quantitative estimate of drug-likeness (QED) is 0.314. The van der Waals surface area contributed by atoms with E-state index in [9.17, 15) is 14.0 Å². The molecular weight excluding hydrogens is 465 g/mol. The van der Waals surface area contributed by atoms with Crippen molar-refractivity contribution in [1.29, 1.82) is 0 Å². The lowest BCUT2D eigenvalue weighted by molar-refractivity contribution is -0.112. The third kappa shape index (κ3) is 4.40. The van der Waals surface area contributed by atoms with Gasteiger partial charge in [-0.05, 0) is 25.1 Å². The van der Waals surface area contributed by atoms with Crippen molar-refractivity contribution in [2.75, 3.05) is 19.5 Å². The number of nitrogens with one attached hydrogen (secondary N) is 1. The van der Waals surface area contributed by atoms with Crippen LogP contribution in [-0.4, -0.2) is 45.4 Å². The van der Waals surface area contributed by atoms with Crippen LogP contribution in [0.5, 0.6) is 11.6 Å². The van der Waals surface area contributed by atoms with Crippen molar-refractivity contribution >= 4 is 40.0 Å². The number of pyridine rings is 3. The van der Waals surface area contributed by atoms with E-state index in [0.717, 1.165) is 6.07 Å². The van der Waals surface area contributed by atoms with Gasteiger partial charge in [-0.15, -0.1) is 0 Å². The van der Waals surface area contributed by atoms with E-state index >= 15 is 0 Å². The minimum absolute atomic E-state index is 0.0267. The van der Waals surface area contributed by atoms with Gasteiger partial charge in [0.2, 0.25) is 5.88 Å². The van der Waals surface area contributed by atoms with E-state index in [-0.39, 0.29) is 28.7 Å². The number of ketones is 1. The molecule has 174 valence electrons. The molecule has 0 atom stereocenters. The van der Waals surface area contributed by atoms with Gasteiger partial charge in [0, 0.05) is 35.2 Å². The molecule has 4 heterocycles. The summed E-state index contributed by atoms with van der Waals surface area (Å²) in [6, 6.07) is 5.78. The van der Waals surface area contributed by atoms with Crippen molar-refractivity contribution in [3.8, 4) is 11.6 Å². The zero-order chi connectivity index (χ0) is 24.4. The van der Waals surface area contributed by atoms with Crippen LogP contribution in [0.3, 0.4) is 0 Å². The van der Waals surface area contributed by atoms with Crippen LogP contribution in [0.2, 0.25) is 5.02 Å². The Labute approximate surface area is 198 Å². The highest BCUT2D eigenvalue weighted by Crippen LogP contribution is 2.29. The van der Waals surface area contributed by atoms with Gasteiger partial charge in [-0.1, -0.05) is 11.6 Å². The molecule has 0 bridgehead atoms. The predicted octanol–water partition coefficient (Wildman–Crippen LogP) is 3.81. The molecule has 0 aromatic carbocycles. The number of carbonyl (C=O) groups excluding carboxylic acids is 2. The molecule has 1 amide bonds. The number of Topliss-reactive ketones (excluding diaryl/α,β-unsaturated/α-hetero) is 1. The second kappa shape index (κ2) is 9.44. The molecule has 0 aliphatic carbocycles. The summed E-state index contributed by atoms with van der Waals surface area (Å²) in [6.45, 7) is 1.62. The first-order valence-corrected chi connectivity index (χ1v) is 10.4. The Balaban J connectivity index is 1.77. The summed E-state index contributed by atoms with van der Waals surface area (Å²) in [4.78, 5) is 38.5. The highest BCUT2D eigenvalue weighted by molar-refractivity contribution is 6.48. The zero-order valence-electron chi connectivity index (χ0n) is 18.4. The molecule has 4 rings (SSSR count). The van der Waals surface area contributed by atoms with Gasteiger partial charge in [0.25, 0.3) is 11.7 Å². The SMILES string of the molecule is COc1cnc2c(c1)c(C(=O)C(=O)Nc1ccnc(OC)c1)c(C)n2Cc1ncc(Cl)cc1F. The normalized spacial score (nSPS) is 10.9. The number of ether oxygens (including phenoxy) is 2. The average molecular weight is 484 g/mol. The van der Waals surface area contributed by atoms with Gasteiger partial charge >= 0.3 is 0 Å². The first-order chi connectivity index (χ1) is 16.3. The predicted molar refractivity (Wildman–Crippen MR) is 123 cm³/mol. The minimum Gasteiger partial charge on any atom is -0.495 e. The molecule has 11 heteroatoms. The number of rotatable bonds is 7. The Hall–Kier alpha value is -4.05. The Kier molecular flexibility index (Phi) is 6.42. The molecule has 0 unspecified atom stereocenters. The number of halogens is 2. The lowest BCUT2D eigenvalue weighted by Crippen LogP contribution is -2.23. The number of hydrogen-bond acceptors (Lipinski definition) is 7. The molecule has 0 saturated carbocycles. The summed E-state index contributed by atoms with van der Waals surface area (Å²) in [6.07, 6.45) is 4.25. The summed E-state index contributed by atoms with van der Waals surface area (Å²) in [7, 11) is 2.90. The highest BCUT2D eigenvalue weighted by atomic mass is 35.5. The zero-order valence-corrected chi connectivity index (χ0v) is 19.2. The average Bonchev–Trinajstić information content (AvgIpc) is 3.10. The fourth-order valence-corrected chi connectivity index (χ4v) is 3.67. The third-order valence-electron chi connectivity index (χ3n) is 5.20. The third-order valence-corrected chi connectivity index (χ3v) is 5.40. The fraction of sp³-hybridized carbons (Fsp3) is 0.174. The molecule has 0 saturated heterocycles. The monoisotopic (exact) mass is 483 g/mol. The number of anilines is 1. The van der Waals surface area contributed by atoms with Gasteiger partial charge in [-0.2, -0.15) is 0 Å². The van der Waals surface area contributed by atoms with Crippen LogP contribution in [0.4, 0.5) is 10.1 Å². The number of carbonyl (C=O) groups is 2. The molecule has 9 nitrogen and oxygen atoms in total. The molecule has 4 aromatic rings. The Morgan fingerprint density at radius 1 is 1.12 bits per heavy atom. The van der Waals surface area contributed by atoms with Gasteiger partial charge < -0.3 is 19.4 Å². The van der Waals surface area contributed by atoms with Crippen molar-refractivity contribution in [2.24, 2.45) is 0 Å². The van der Waals surface area contributed by atoms with Crippen molar-refractivity contribution in [2.45, 2.75) is 13.5 Å². The van der Waals surface area contributed by atoms with Crippen molar-refractivity contribution < 1.29 is 23.5 Å². The van der Waals surface area contributed by atoms with E-state index in [0.29, 0.717) is 28.2 Å². The maximum atomic E-state index is 14.4. The Bertz CT molecular complexity index is 1420. The van der Waals surface area contributed by atoms with E-state index in [1.54, 1.807) is 17.6 Å². The van der Waals surface area contributed by atoms with E-state index in [4.69, 9.17) is 21.1 Å². The summed E-state index contributed by atoms with van der Waals surface area (Å²) < 4.78 is 26.3. The van der Waals surface area contributed by atoms with E-state index in [1.807, 2.05) is 0 Å². The second-order valence-electron chi connectivity index (χ2n) is 7.25. The van der Waals surface area contributed by atoms with Gasteiger partial charge in [-0.3, -0.25) is 14.6 Å². The van der Waals surface area contributed by atoms with Crippen molar-refractivity contribution in [1.82, 2.24) is 19.5 Å². The lowest BCUT2D eigenvalue weighted by atomic mass is 10.1. The van der Waals surface area contributed by atoms with Crippen LogP contribution in [0.15, 0.2) is 42.9 Å². The standard InChI is InChI=1S/C23H19ClFN5O4/c1-12-20(21(31)23(32)29-14-4-5-26-19(7-14)34-3)16-8-15(33-2)10-28-22(16)30(12)11-18-17(25)6-13(24)9-27-18/h4-10H,11H2,1-3H3,(H,26,29,32). The molecule has 1 N–H and O–H groups in total. The number of nitrogens with zero attached hydrogens (tertiary/aromatic N) is 4. The topological polar surface area (TPSA) is 108 Å². The molecule has 0 aliphatic heterocycles. The van der Waals surface area contributed by atoms with Crippen LogP contribution >= 0.6 is 11.6 Å². The van der Waals surface area contributed by atoms with Gasteiger partial charge in [0.15, 0.2) is 0 Å². The summed E-state index contributed by atoms with van der Waals surface area (Å²) in [5, 5.41) is 3.11. The molecule has 34 heavy (non-hydrogen) atoms. The van der Waals surface area contributed by atoms with Crippen molar-refractivity contribution in [3.05, 3.63) is 70.6 Å². The number of hydrogen-bond donors (Lipinski definition) is 1. The smallest absolute Gasteiger partial charge is 0.296 e. The minimum atomic E-state index is -0.867. The molecular formula is C23H19ClFN5O4. The summed E-state index contributed by atoms with van der Waals surface area (Å²) in [5.41, 5.74) is 1.36. The van der Waals surface area contributed by atoms with E-state index in [2.05, 4.69) is 20.3 Å². The van der Waals surface area contributed by atoms with Gasteiger partial charge in [-0.25, -0.2) is 14.4 Å². The molecule has 0 spiro atoms. The fourth-order valence-electron chi connectivity index (χ4n) is 3.53. The molecule has 0 fully saturated rings. The van der Waals surface area contributed by atoms with Crippen molar-refractivity contribution in [3.63, 3.8) is 0 Å². The number of amides is 1. The lowest BCUT2D eigenvalue weighted by Gasteiger charge is -2.09. The van der Waals surface area contributed by atoms with Gasteiger partial charge in [0.1, 0.15) is 17.2 Å². The second-order valence-corrected chi connectivity index (χ2v) is 7.68. The molecule has 0 radical (unpaired) electrons. The van der Waals surface area contributed by atoms with E-state index in [1.165, 1.54) is 44.9 Å². The number of methoxy groups -OCH3 is 2. The summed E-state index contributed by atoms with van der Waals surface area (Å²) >= 11 is 5.81. The van der Waals surface area contributed by atoms with Gasteiger partial charge in [0.05, 0.1) is 43.2 Å². The summed E-state index contributed by atoms with van der Waals surface area (Å²) in [5.74, 6) is -1.58. The Morgan fingerprint density at radius 3 is 2.62 bits per heavy atom. The first kappa shape index (κ1) is 23.1. The maximum absolute atomic E-state index is 14.4. The Morgan fingerprint density at radius 2 is 1.91 bits per heavy atom. The van der Waals surface area contributed by atoms with E-state index < -0.39 is 17.5 Å². The van der Waals surface area contributed by atoms with Crippen LogP contribution in [-0.2, 0) is 11.3 Å². The van der Waals surface area contributed by atoms with Crippen LogP contribution in [0.1, 0.15) is 21.7 Å². The first-order valence-electron chi connectivity index (χ1n) is 10.0. The number of fused-ring (bicyclic) bond motifs is 1. The van der Waals surface area contributed by atoms with Crippen LogP contribution in [0, 0.1) is 12.7 Å². The number of aromatic nitrogens is 4. The molecule has 0 aliphatic rings. The van der Waals surface area contributed by atoms with Crippen LogP contribution in [0.25, 0.3) is 11.0 Å². The van der Waals surface area contributed by atoms with Crippen LogP contribution < -0.4 is 14.8 Å². The maximum Gasteiger partial charge on any atom is 0.296 e. The largest absolute Gasteiger partial charge is 0.495 e. The highest BCUT2D eigenvalue weighted by Gasteiger charge is 2.27. The molecule has 4 aromatic heterocycles.